The minimum Gasteiger partial charge on any atom is -0.327 e. The molecule has 0 radical (unpaired) electrons. The van der Waals surface area contributed by atoms with Crippen LogP contribution in [0.4, 0.5) is 24.5 Å². The van der Waals surface area contributed by atoms with Gasteiger partial charge in [-0.15, -0.1) is 0 Å². The molecular weight excluding hydrogens is 291 g/mol. The maximum atomic E-state index is 12.5. The van der Waals surface area contributed by atoms with Crippen molar-refractivity contribution in [3.63, 3.8) is 0 Å². The highest BCUT2D eigenvalue weighted by Crippen LogP contribution is 2.35. The molecule has 1 rings (SSSR count). The zero-order chi connectivity index (χ0) is 16.4. The number of carbonyl (C=O) groups is 1. The van der Waals surface area contributed by atoms with Crippen LogP contribution < -0.4 is 11.1 Å². The number of nitrogens with zero attached hydrogens (tertiary/aromatic N) is 1. The van der Waals surface area contributed by atoms with Crippen molar-refractivity contribution in [3.8, 4) is 0 Å². The van der Waals surface area contributed by atoms with Gasteiger partial charge in [0, 0.05) is 12.1 Å². The van der Waals surface area contributed by atoms with Gasteiger partial charge in [0.05, 0.1) is 16.4 Å². The van der Waals surface area contributed by atoms with E-state index >= 15 is 0 Å². The second-order valence-electron chi connectivity index (χ2n) is 4.62. The molecule has 0 aliphatic heterocycles. The summed E-state index contributed by atoms with van der Waals surface area (Å²) in [5.41, 5.74) is 3.24. The van der Waals surface area contributed by atoms with Crippen LogP contribution in [0.2, 0.25) is 0 Å². The van der Waals surface area contributed by atoms with E-state index in [1.807, 2.05) is 0 Å². The van der Waals surface area contributed by atoms with Gasteiger partial charge in [-0.3, -0.25) is 14.9 Å². The number of benzene rings is 1. The number of nitro benzene ring substituents is 1. The predicted molar refractivity (Wildman–Crippen MR) is 69.5 cm³/mol. The van der Waals surface area contributed by atoms with Crippen LogP contribution in [0, 0.1) is 16.0 Å². The molecule has 0 heterocycles. The van der Waals surface area contributed by atoms with E-state index < -0.39 is 40.2 Å². The minimum absolute atomic E-state index is 0.300. The van der Waals surface area contributed by atoms with Crippen LogP contribution >= 0.6 is 0 Å². The summed E-state index contributed by atoms with van der Waals surface area (Å²) in [6, 6.07) is 1.40. The third-order valence-corrected chi connectivity index (χ3v) is 2.98. The normalized spacial score (nSPS) is 14.4. The van der Waals surface area contributed by atoms with Crippen molar-refractivity contribution in [1.82, 2.24) is 0 Å². The Morgan fingerprint density at radius 3 is 2.38 bits per heavy atom. The van der Waals surface area contributed by atoms with Gasteiger partial charge in [-0.1, -0.05) is 6.92 Å². The van der Waals surface area contributed by atoms with Crippen molar-refractivity contribution in [3.05, 3.63) is 33.9 Å². The third-order valence-electron chi connectivity index (χ3n) is 2.98. The Morgan fingerprint density at radius 2 is 1.95 bits per heavy atom. The van der Waals surface area contributed by atoms with Crippen LogP contribution in [0.15, 0.2) is 18.2 Å². The molecule has 21 heavy (non-hydrogen) atoms. The fourth-order valence-electron chi connectivity index (χ4n) is 1.45. The predicted octanol–water partition coefficient (Wildman–Crippen LogP) is 2.54. The molecule has 1 aromatic rings. The van der Waals surface area contributed by atoms with Gasteiger partial charge in [0.25, 0.3) is 5.69 Å². The van der Waals surface area contributed by atoms with Gasteiger partial charge < -0.3 is 11.1 Å². The van der Waals surface area contributed by atoms with Gasteiger partial charge >= 0.3 is 6.18 Å². The second kappa shape index (κ2) is 6.08. The van der Waals surface area contributed by atoms with E-state index in [4.69, 9.17) is 5.73 Å². The smallest absolute Gasteiger partial charge is 0.327 e. The molecule has 0 saturated carbocycles. The Morgan fingerprint density at radius 1 is 1.38 bits per heavy atom. The molecule has 3 N–H and O–H groups in total. The molecule has 2 unspecified atom stereocenters. The fraction of sp³-hybridized carbons (Fsp3) is 0.417. The summed E-state index contributed by atoms with van der Waals surface area (Å²) in [6.45, 7) is 3.08. The molecule has 1 amide bonds. The van der Waals surface area contributed by atoms with Crippen LogP contribution in [-0.4, -0.2) is 16.9 Å². The highest BCUT2D eigenvalue weighted by molar-refractivity contribution is 5.94. The SMILES string of the molecule is CC(N)C(C)C(=O)Nc1ccc(C(F)(F)F)cc1[N+](=O)[O-]. The quantitative estimate of drug-likeness (QED) is 0.659. The topological polar surface area (TPSA) is 98.3 Å². The molecule has 116 valence electrons. The highest BCUT2D eigenvalue weighted by atomic mass is 19.4. The molecule has 0 saturated heterocycles. The molecule has 0 aliphatic rings. The summed E-state index contributed by atoms with van der Waals surface area (Å²) in [6.07, 6.45) is -4.70. The van der Waals surface area contributed by atoms with Gasteiger partial charge in [-0.2, -0.15) is 13.2 Å². The van der Waals surface area contributed by atoms with Crippen molar-refractivity contribution in [2.24, 2.45) is 11.7 Å². The van der Waals surface area contributed by atoms with Gasteiger partial charge in [0.15, 0.2) is 0 Å². The maximum absolute atomic E-state index is 12.5. The average molecular weight is 305 g/mol. The number of carbonyl (C=O) groups excluding carboxylic acids is 1. The first-order valence-electron chi connectivity index (χ1n) is 5.96. The second-order valence-corrected chi connectivity index (χ2v) is 4.62. The summed E-state index contributed by atoms with van der Waals surface area (Å²) < 4.78 is 37.6. The molecule has 0 aliphatic carbocycles. The molecule has 0 bridgehead atoms. The largest absolute Gasteiger partial charge is 0.416 e. The van der Waals surface area contributed by atoms with Crippen LogP contribution in [0.5, 0.6) is 0 Å². The zero-order valence-electron chi connectivity index (χ0n) is 11.3. The number of amides is 1. The molecular formula is C12H14F3N3O3. The Hall–Kier alpha value is -2.16. The number of hydrogen-bond donors (Lipinski definition) is 2. The van der Waals surface area contributed by atoms with Gasteiger partial charge in [-0.25, -0.2) is 0 Å². The lowest BCUT2D eigenvalue weighted by atomic mass is 10.0. The van der Waals surface area contributed by atoms with Crippen LogP contribution in [0.3, 0.4) is 0 Å². The number of nitro groups is 1. The number of hydrogen-bond acceptors (Lipinski definition) is 4. The first-order valence-corrected chi connectivity index (χ1v) is 5.96. The summed E-state index contributed by atoms with van der Waals surface area (Å²) in [5.74, 6) is -1.25. The average Bonchev–Trinajstić information content (AvgIpc) is 2.36. The van der Waals surface area contributed by atoms with E-state index in [9.17, 15) is 28.1 Å². The summed E-state index contributed by atoms with van der Waals surface area (Å²) in [7, 11) is 0. The van der Waals surface area contributed by atoms with Crippen molar-refractivity contribution < 1.29 is 22.9 Å². The number of nitrogens with one attached hydrogen (secondary N) is 1. The van der Waals surface area contributed by atoms with E-state index in [1.54, 1.807) is 6.92 Å². The molecule has 0 aromatic heterocycles. The lowest BCUT2D eigenvalue weighted by Crippen LogP contribution is -2.34. The lowest BCUT2D eigenvalue weighted by molar-refractivity contribution is -0.384. The Kier molecular flexibility index (Phi) is 4.89. The first-order chi connectivity index (χ1) is 9.54. The van der Waals surface area contributed by atoms with Crippen molar-refractivity contribution in [2.45, 2.75) is 26.1 Å². The highest BCUT2D eigenvalue weighted by Gasteiger charge is 2.33. The van der Waals surface area contributed by atoms with E-state index in [0.29, 0.717) is 12.1 Å². The number of nitrogens with two attached hydrogens (primary N) is 1. The van der Waals surface area contributed by atoms with Gasteiger partial charge in [0.2, 0.25) is 5.91 Å². The van der Waals surface area contributed by atoms with Crippen LogP contribution in [0.1, 0.15) is 19.4 Å². The van der Waals surface area contributed by atoms with Gasteiger partial charge in [0.1, 0.15) is 5.69 Å². The fourth-order valence-corrected chi connectivity index (χ4v) is 1.45. The van der Waals surface area contributed by atoms with E-state index in [0.717, 1.165) is 6.07 Å². The Balaban J connectivity index is 3.14. The lowest BCUT2D eigenvalue weighted by Gasteiger charge is -2.16. The maximum Gasteiger partial charge on any atom is 0.416 e. The van der Waals surface area contributed by atoms with E-state index in [1.165, 1.54) is 6.92 Å². The van der Waals surface area contributed by atoms with Crippen LogP contribution in [-0.2, 0) is 11.0 Å². The molecule has 2 atom stereocenters. The van der Waals surface area contributed by atoms with Crippen molar-refractivity contribution >= 4 is 17.3 Å². The Bertz CT molecular complexity index is 558. The number of halogens is 3. The number of anilines is 1. The van der Waals surface area contributed by atoms with Crippen LogP contribution in [0.25, 0.3) is 0 Å². The standard InChI is InChI=1S/C12H14F3N3O3/c1-6(7(2)16)11(19)17-9-4-3-8(12(13,14)15)5-10(9)18(20)21/h3-7H,16H2,1-2H3,(H,17,19). The van der Waals surface area contributed by atoms with Crippen molar-refractivity contribution in [2.75, 3.05) is 5.32 Å². The molecule has 6 nitrogen and oxygen atoms in total. The number of alkyl halides is 3. The minimum atomic E-state index is -4.70. The summed E-state index contributed by atoms with van der Waals surface area (Å²) in [5, 5.41) is 13.1. The number of rotatable bonds is 4. The monoisotopic (exact) mass is 305 g/mol. The van der Waals surface area contributed by atoms with Crippen molar-refractivity contribution in [1.29, 1.82) is 0 Å². The molecule has 1 aromatic carbocycles. The Labute approximate surface area is 118 Å². The zero-order valence-corrected chi connectivity index (χ0v) is 11.3. The molecule has 9 heteroatoms. The van der Waals surface area contributed by atoms with E-state index in [2.05, 4.69) is 5.32 Å². The molecule has 0 spiro atoms. The first kappa shape index (κ1) is 16.9. The third kappa shape index (κ3) is 4.15. The molecule has 0 fully saturated rings. The summed E-state index contributed by atoms with van der Waals surface area (Å²) >= 11 is 0. The van der Waals surface area contributed by atoms with E-state index in [-0.39, 0.29) is 5.69 Å². The van der Waals surface area contributed by atoms with Gasteiger partial charge in [-0.05, 0) is 19.1 Å². The summed E-state index contributed by atoms with van der Waals surface area (Å²) in [4.78, 5) is 21.6.